The first-order valence-electron chi connectivity index (χ1n) is 9.23. The number of hydrogen-bond acceptors (Lipinski definition) is 3. The third-order valence-corrected chi connectivity index (χ3v) is 6.08. The number of halogens is 2. The fourth-order valence-corrected chi connectivity index (χ4v) is 5.37. The van der Waals surface area contributed by atoms with Crippen LogP contribution < -0.4 is 4.74 Å². The molecule has 0 saturated carbocycles. The van der Waals surface area contributed by atoms with Gasteiger partial charge in [0.15, 0.2) is 0 Å². The van der Waals surface area contributed by atoms with Crippen LogP contribution in [0, 0.1) is 0 Å². The predicted octanol–water partition coefficient (Wildman–Crippen LogP) is 5.72. The molecule has 2 heterocycles. The summed E-state index contributed by atoms with van der Waals surface area (Å²) in [5.41, 5.74) is 2.42. The van der Waals surface area contributed by atoms with Gasteiger partial charge in [0.25, 0.3) is 0 Å². The number of rotatable bonds is 4. The molecule has 0 aromatic heterocycles. The van der Waals surface area contributed by atoms with Crippen molar-refractivity contribution in [2.24, 2.45) is 0 Å². The van der Waals surface area contributed by atoms with Gasteiger partial charge in [-0.2, -0.15) is 0 Å². The number of hydrogen-bond donors (Lipinski definition) is 0. The Morgan fingerprint density at radius 1 is 1.00 bits per heavy atom. The molecule has 0 bridgehead atoms. The van der Waals surface area contributed by atoms with Gasteiger partial charge in [-0.3, -0.25) is 4.90 Å². The number of piperidine rings is 1. The molecule has 2 atom stereocenters. The van der Waals surface area contributed by atoms with Crippen LogP contribution in [-0.2, 0) is 11.3 Å². The molecular formula is C21H23Br2NO2. The van der Waals surface area contributed by atoms with Gasteiger partial charge in [-0.05, 0) is 55.8 Å². The molecule has 5 heteroatoms. The van der Waals surface area contributed by atoms with E-state index in [4.69, 9.17) is 9.47 Å². The molecule has 2 aliphatic heterocycles. The second-order valence-corrected chi connectivity index (χ2v) is 8.85. The van der Waals surface area contributed by atoms with Crippen molar-refractivity contribution in [1.82, 2.24) is 4.90 Å². The van der Waals surface area contributed by atoms with Crippen LogP contribution in [0.3, 0.4) is 0 Å². The van der Waals surface area contributed by atoms with E-state index in [1.165, 1.54) is 24.8 Å². The summed E-state index contributed by atoms with van der Waals surface area (Å²) in [5.74, 6) is 1.01. The van der Waals surface area contributed by atoms with Crippen molar-refractivity contribution in [3.63, 3.8) is 0 Å². The summed E-state index contributed by atoms with van der Waals surface area (Å²) in [7, 11) is 0. The Morgan fingerprint density at radius 3 is 2.50 bits per heavy atom. The highest BCUT2D eigenvalue weighted by molar-refractivity contribution is 9.11. The Labute approximate surface area is 171 Å². The highest BCUT2D eigenvalue weighted by Crippen LogP contribution is 2.39. The monoisotopic (exact) mass is 479 g/mol. The van der Waals surface area contributed by atoms with Crippen molar-refractivity contribution < 1.29 is 9.47 Å². The van der Waals surface area contributed by atoms with Gasteiger partial charge in [-0.25, -0.2) is 0 Å². The van der Waals surface area contributed by atoms with Crippen molar-refractivity contribution in [3.8, 4) is 5.75 Å². The van der Waals surface area contributed by atoms with Gasteiger partial charge in [0.2, 0.25) is 0 Å². The van der Waals surface area contributed by atoms with E-state index in [2.05, 4.69) is 67.1 Å². The first-order chi connectivity index (χ1) is 12.7. The summed E-state index contributed by atoms with van der Waals surface area (Å²) >= 11 is 7.11. The van der Waals surface area contributed by atoms with E-state index < -0.39 is 0 Å². The Hall–Kier alpha value is -0.880. The molecule has 4 rings (SSSR count). The number of nitrogens with zero attached hydrogens (tertiary/aromatic N) is 1. The fourth-order valence-electron chi connectivity index (χ4n) is 3.98. The molecule has 2 aliphatic rings. The topological polar surface area (TPSA) is 21.7 Å². The van der Waals surface area contributed by atoms with Gasteiger partial charge in [0, 0.05) is 14.5 Å². The molecule has 0 N–H and O–H groups in total. The lowest BCUT2D eigenvalue weighted by Gasteiger charge is -2.42. The fraction of sp³-hybridized carbons (Fsp3) is 0.429. The summed E-state index contributed by atoms with van der Waals surface area (Å²) in [5, 5.41) is 0. The third kappa shape index (κ3) is 4.16. The van der Waals surface area contributed by atoms with E-state index in [1.54, 1.807) is 0 Å². The maximum atomic E-state index is 6.39. The van der Waals surface area contributed by atoms with Gasteiger partial charge >= 0.3 is 0 Å². The summed E-state index contributed by atoms with van der Waals surface area (Å²) in [6, 6.07) is 15.0. The average molecular weight is 481 g/mol. The van der Waals surface area contributed by atoms with Gasteiger partial charge in [-0.1, -0.05) is 56.5 Å². The molecule has 0 spiro atoms. The molecule has 26 heavy (non-hydrogen) atoms. The quantitative estimate of drug-likeness (QED) is 0.558. The van der Waals surface area contributed by atoms with E-state index in [9.17, 15) is 0 Å². The van der Waals surface area contributed by atoms with Gasteiger partial charge in [0.1, 0.15) is 18.5 Å². The summed E-state index contributed by atoms with van der Waals surface area (Å²) in [6.45, 7) is 3.47. The molecular weight excluding hydrogens is 458 g/mol. The molecule has 2 aromatic rings. The summed E-state index contributed by atoms with van der Waals surface area (Å²) in [4.78, 5) is 2.59. The minimum Gasteiger partial charge on any atom is -0.490 e. The zero-order valence-electron chi connectivity index (χ0n) is 14.7. The van der Waals surface area contributed by atoms with Crippen molar-refractivity contribution in [3.05, 3.63) is 62.5 Å². The predicted molar refractivity (Wildman–Crippen MR) is 111 cm³/mol. The van der Waals surface area contributed by atoms with Crippen LogP contribution in [0.4, 0.5) is 0 Å². The maximum Gasteiger partial charge on any atom is 0.124 e. The van der Waals surface area contributed by atoms with Crippen LogP contribution in [0.15, 0.2) is 51.4 Å². The molecule has 0 aliphatic carbocycles. The zero-order chi connectivity index (χ0) is 17.9. The average Bonchev–Trinajstić information content (AvgIpc) is 2.66. The van der Waals surface area contributed by atoms with E-state index in [0.29, 0.717) is 13.2 Å². The normalized spacial score (nSPS) is 23.3. The molecule has 0 radical (unpaired) electrons. The number of likely N-dealkylation sites (tertiary alicyclic amines) is 1. The minimum atomic E-state index is 0.0424. The molecule has 2 aromatic carbocycles. The number of benzene rings is 2. The second kappa shape index (κ2) is 8.42. The standard InChI is InChI=1S/C21H23Br2NO2/c22-16-10-15(11-17(23)12-16)13-25-20-14-26-19-7-3-2-6-18(19)21(20)24-8-4-1-5-9-24/h2-3,6-7,10-12,20-21H,1,4-5,8-9,13-14H2/t20-,21-/m1/s1. The van der Waals surface area contributed by atoms with Crippen molar-refractivity contribution in [2.45, 2.75) is 38.0 Å². The maximum absolute atomic E-state index is 6.39. The van der Waals surface area contributed by atoms with Crippen LogP contribution >= 0.6 is 31.9 Å². The van der Waals surface area contributed by atoms with Gasteiger partial charge < -0.3 is 9.47 Å². The van der Waals surface area contributed by atoms with Crippen LogP contribution in [-0.4, -0.2) is 30.7 Å². The zero-order valence-corrected chi connectivity index (χ0v) is 17.8. The minimum absolute atomic E-state index is 0.0424. The highest BCUT2D eigenvalue weighted by atomic mass is 79.9. The van der Waals surface area contributed by atoms with Crippen LogP contribution in [0.5, 0.6) is 5.75 Å². The Balaban J connectivity index is 1.55. The van der Waals surface area contributed by atoms with Crippen LogP contribution in [0.2, 0.25) is 0 Å². The number of para-hydroxylation sites is 1. The van der Waals surface area contributed by atoms with Gasteiger partial charge in [-0.15, -0.1) is 0 Å². The molecule has 1 fully saturated rings. The van der Waals surface area contributed by atoms with E-state index in [1.807, 2.05) is 12.1 Å². The van der Waals surface area contributed by atoms with Crippen molar-refractivity contribution in [1.29, 1.82) is 0 Å². The molecule has 1 saturated heterocycles. The van der Waals surface area contributed by atoms with E-state index in [0.717, 1.165) is 33.3 Å². The third-order valence-electron chi connectivity index (χ3n) is 5.16. The Morgan fingerprint density at radius 2 is 1.73 bits per heavy atom. The first-order valence-corrected chi connectivity index (χ1v) is 10.8. The lowest BCUT2D eigenvalue weighted by Crippen LogP contribution is -2.45. The Bertz CT molecular complexity index is 741. The second-order valence-electron chi connectivity index (χ2n) is 7.02. The molecule has 138 valence electrons. The summed E-state index contributed by atoms with van der Waals surface area (Å²) in [6.07, 6.45) is 3.91. The lowest BCUT2D eigenvalue weighted by atomic mass is 9.94. The van der Waals surface area contributed by atoms with Crippen molar-refractivity contribution in [2.75, 3.05) is 19.7 Å². The van der Waals surface area contributed by atoms with Crippen LogP contribution in [0.25, 0.3) is 0 Å². The number of ether oxygens (including phenoxy) is 2. The molecule has 0 amide bonds. The van der Waals surface area contributed by atoms with Crippen molar-refractivity contribution >= 4 is 31.9 Å². The molecule has 0 unspecified atom stereocenters. The lowest BCUT2D eigenvalue weighted by molar-refractivity contribution is -0.0631. The molecule has 3 nitrogen and oxygen atoms in total. The Kier molecular flexibility index (Phi) is 5.99. The van der Waals surface area contributed by atoms with E-state index >= 15 is 0 Å². The van der Waals surface area contributed by atoms with Gasteiger partial charge in [0.05, 0.1) is 12.6 Å². The largest absolute Gasteiger partial charge is 0.490 e. The highest BCUT2D eigenvalue weighted by Gasteiger charge is 2.36. The first kappa shape index (κ1) is 18.5. The SMILES string of the molecule is Brc1cc(Br)cc(CO[C@@H]2COc3ccccc3[C@H]2N2CCCCC2)c1. The smallest absolute Gasteiger partial charge is 0.124 e. The van der Waals surface area contributed by atoms with E-state index in [-0.39, 0.29) is 12.1 Å². The number of fused-ring (bicyclic) bond motifs is 1. The summed E-state index contributed by atoms with van der Waals surface area (Å²) < 4.78 is 14.5. The van der Waals surface area contributed by atoms with Crippen LogP contribution in [0.1, 0.15) is 36.4 Å².